The Balaban J connectivity index is 2.24. The summed E-state index contributed by atoms with van der Waals surface area (Å²) in [5, 5.41) is 2.83. The van der Waals surface area contributed by atoms with Gasteiger partial charge < -0.3 is 15.0 Å². The number of ether oxygens (including phenoxy) is 1. The maximum Gasteiger partial charge on any atom is 0.242 e. The Morgan fingerprint density at radius 3 is 2.39 bits per heavy atom. The summed E-state index contributed by atoms with van der Waals surface area (Å²) in [4.78, 5) is 27.8. The summed E-state index contributed by atoms with van der Waals surface area (Å²) in [5.41, 5.74) is 2.46. The summed E-state index contributed by atoms with van der Waals surface area (Å²) < 4.78 is 32.1. The predicted octanol–water partition coefficient (Wildman–Crippen LogP) is 3.88. The lowest BCUT2D eigenvalue weighted by Gasteiger charge is -2.31. The third-order valence-electron chi connectivity index (χ3n) is 5.76. The molecule has 0 saturated carbocycles. The molecule has 2 amide bonds. The normalized spacial score (nSPS) is 12.0. The number of carbonyl (C=O) groups excluding carboxylic acids is 2. The third kappa shape index (κ3) is 8.26. The number of rotatable bonds is 14. The number of hydrogen-bond donors (Lipinski definition) is 1. The molecule has 1 atom stereocenters. The monoisotopic (exact) mass is 517 g/mol. The molecule has 0 aliphatic rings. The smallest absolute Gasteiger partial charge is 0.242 e. The molecule has 2 aromatic carbocycles. The van der Waals surface area contributed by atoms with Crippen LogP contribution < -0.4 is 14.4 Å². The molecule has 1 N–H and O–H groups in total. The van der Waals surface area contributed by atoms with Crippen LogP contribution in [-0.4, -0.2) is 57.1 Å². The average Bonchev–Trinajstić information content (AvgIpc) is 2.82. The second-order valence-electron chi connectivity index (χ2n) is 8.67. The zero-order valence-corrected chi connectivity index (χ0v) is 22.8. The van der Waals surface area contributed by atoms with Crippen LogP contribution in [0.5, 0.6) is 5.75 Å². The van der Waals surface area contributed by atoms with Crippen molar-refractivity contribution in [2.24, 2.45) is 0 Å². The van der Waals surface area contributed by atoms with Gasteiger partial charge in [0.1, 0.15) is 11.8 Å². The second kappa shape index (κ2) is 13.9. The van der Waals surface area contributed by atoms with Crippen molar-refractivity contribution >= 4 is 27.5 Å². The molecule has 0 spiro atoms. The van der Waals surface area contributed by atoms with E-state index in [-0.39, 0.29) is 24.8 Å². The Labute approximate surface area is 215 Å². The van der Waals surface area contributed by atoms with Gasteiger partial charge in [0.05, 0.1) is 18.6 Å². The number of benzene rings is 2. The highest BCUT2D eigenvalue weighted by Crippen LogP contribution is 2.30. The minimum Gasteiger partial charge on any atom is -0.492 e. The summed E-state index contributed by atoms with van der Waals surface area (Å²) in [6.07, 6.45) is 2.01. The predicted molar refractivity (Wildman–Crippen MR) is 144 cm³/mol. The highest BCUT2D eigenvalue weighted by atomic mass is 32.2. The number of nitrogens with zero attached hydrogens (tertiary/aromatic N) is 2. The van der Waals surface area contributed by atoms with Crippen LogP contribution in [0.1, 0.15) is 51.2 Å². The minimum absolute atomic E-state index is 0.102. The van der Waals surface area contributed by atoms with Crippen molar-refractivity contribution in [3.8, 4) is 5.75 Å². The van der Waals surface area contributed by atoms with Crippen molar-refractivity contribution in [1.82, 2.24) is 10.2 Å². The lowest BCUT2D eigenvalue weighted by atomic mass is 10.1. The topological polar surface area (TPSA) is 96.0 Å². The molecule has 0 aromatic heterocycles. The van der Waals surface area contributed by atoms with Gasteiger partial charge in [-0.3, -0.25) is 13.9 Å². The van der Waals surface area contributed by atoms with Gasteiger partial charge in [-0.25, -0.2) is 8.42 Å². The molecule has 0 bridgehead atoms. The molecule has 9 heteroatoms. The molecule has 0 aliphatic heterocycles. The van der Waals surface area contributed by atoms with E-state index in [1.807, 2.05) is 52.0 Å². The summed E-state index contributed by atoms with van der Waals surface area (Å²) in [6, 6.07) is 14.2. The van der Waals surface area contributed by atoms with E-state index in [9.17, 15) is 18.0 Å². The van der Waals surface area contributed by atoms with E-state index in [0.717, 1.165) is 17.4 Å². The van der Waals surface area contributed by atoms with Gasteiger partial charge in [-0.15, -0.1) is 0 Å². The number of likely N-dealkylation sites (N-methyl/N-ethyl adjacent to an activating group) is 1. The number of para-hydroxylation sites is 2. The summed E-state index contributed by atoms with van der Waals surface area (Å²) >= 11 is 0. The molecule has 36 heavy (non-hydrogen) atoms. The van der Waals surface area contributed by atoms with E-state index in [4.69, 9.17) is 4.74 Å². The molecule has 2 aromatic rings. The summed E-state index contributed by atoms with van der Waals surface area (Å²) in [7, 11) is -3.61. The molecular formula is C27H39N3O5S. The number of hydrogen-bond acceptors (Lipinski definition) is 5. The fourth-order valence-electron chi connectivity index (χ4n) is 4.14. The number of anilines is 1. The first-order chi connectivity index (χ1) is 17.1. The zero-order valence-electron chi connectivity index (χ0n) is 22.0. The highest BCUT2D eigenvalue weighted by Gasteiger charge is 2.29. The van der Waals surface area contributed by atoms with Gasteiger partial charge in [-0.2, -0.15) is 0 Å². The maximum absolute atomic E-state index is 13.4. The Kier molecular flexibility index (Phi) is 11.2. The molecule has 0 fully saturated rings. The van der Waals surface area contributed by atoms with Crippen LogP contribution in [0.25, 0.3) is 0 Å². The molecule has 198 valence electrons. The first-order valence-corrected chi connectivity index (χ1v) is 14.3. The number of amides is 2. The van der Waals surface area contributed by atoms with Gasteiger partial charge in [-0.1, -0.05) is 48.9 Å². The van der Waals surface area contributed by atoms with Crippen molar-refractivity contribution in [2.75, 3.05) is 30.3 Å². The van der Waals surface area contributed by atoms with Crippen LogP contribution in [0, 0.1) is 6.92 Å². The van der Waals surface area contributed by atoms with Gasteiger partial charge in [0.25, 0.3) is 0 Å². The maximum atomic E-state index is 13.4. The quantitative estimate of drug-likeness (QED) is 0.410. The Morgan fingerprint density at radius 1 is 1.06 bits per heavy atom. The fraction of sp³-hybridized carbons (Fsp3) is 0.481. The van der Waals surface area contributed by atoms with Crippen LogP contribution in [0.15, 0.2) is 48.5 Å². The van der Waals surface area contributed by atoms with Crippen LogP contribution in [0.3, 0.4) is 0 Å². The van der Waals surface area contributed by atoms with E-state index >= 15 is 0 Å². The number of carbonyl (C=O) groups is 2. The van der Waals surface area contributed by atoms with Crippen molar-refractivity contribution < 1.29 is 22.7 Å². The van der Waals surface area contributed by atoms with Crippen molar-refractivity contribution in [2.45, 2.75) is 59.5 Å². The Morgan fingerprint density at radius 2 is 1.78 bits per heavy atom. The van der Waals surface area contributed by atoms with Crippen LogP contribution in [0.2, 0.25) is 0 Å². The standard InChI is InChI=1S/C27H39N3O5S/c1-6-23(27(32)28-7-2)29(20-22-14-11-13-21(4)19-22)26(31)17-12-18-30(36(5,33)34)24-15-9-10-16-25(24)35-8-3/h9-11,13-16,19,23H,6-8,12,17-18,20H2,1-5H3,(H,28,32)/t23-/m1/s1. The summed E-state index contributed by atoms with van der Waals surface area (Å²) in [6.45, 7) is 8.84. The summed E-state index contributed by atoms with van der Waals surface area (Å²) in [5.74, 6) is 0.0886. The molecule has 0 aliphatic carbocycles. The van der Waals surface area contributed by atoms with Crippen molar-refractivity contribution in [3.63, 3.8) is 0 Å². The average molecular weight is 518 g/mol. The van der Waals surface area contributed by atoms with E-state index < -0.39 is 16.1 Å². The van der Waals surface area contributed by atoms with Crippen LogP contribution in [-0.2, 0) is 26.2 Å². The van der Waals surface area contributed by atoms with Gasteiger partial charge in [0, 0.05) is 26.1 Å². The van der Waals surface area contributed by atoms with Crippen molar-refractivity contribution in [1.29, 1.82) is 0 Å². The number of sulfonamides is 1. The highest BCUT2D eigenvalue weighted by molar-refractivity contribution is 7.92. The molecule has 0 unspecified atom stereocenters. The molecule has 2 rings (SSSR count). The molecule has 0 saturated heterocycles. The first kappa shape index (κ1) is 29.2. The van der Waals surface area contributed by atoms with E-state index in [2.05, 4.69) is 5.32 Å². The van der Waals surface area contributed by atoms with Gasteiger partial charge >= 0.3 is 0 Å². The van der Waals surface area contributed by atoms with E-state index in [1.165, 1.54) is 4.31 Å². The van der Waals surface area contributed by atoms with Gasteiger partial charge in [0.15, 0.2) is 0 Å². The van der Waals surface area contributed by atoms with E-state index in [0.29, 0.717) is 44.0 Å². The van der Waals surface area contributed by atoms with Crippen molar-refractivity contribution in [3.05, 3.63) is 59.7 Å². The van der Waals surface area contributed by atoms with E-state index in [1.54, 1.807) is 29.2 Å². The number of nitrogens with one attached hydrogen (secondary N) is 1. The molecule has 8 nitrogen and oxygen atoms in total. The molecular weight excluding hydrogens is 478 g/mol. The Hall–Kier alpha value is -3.07. The SMILES string of the molecule is CCNC(=O)[C@@H](CC)N(Cc1cccc(C)c1)C(=O)CCCN(c1ccccc1OCC)S(C)(=O)=O. The second-order valence-corrected chi connectivity index (χ2v) is 10.6. The molecule has 0 heterocycles. The Bertz CT molecular complexity index is 1120. The lowest BCUT2D eigenvalue weighted by molar-refractivity contribution is -0.141. The van der Waals surface area contributed by atoms with Crippen LogP contribution in [0.4, 0.5) is 5.69 Å². The lowest BCUT2D eigenvalue weighted by Crippen LogP contribution is -2.49. The third-order valence-corrected chi connectivity index (χ3v) is 6.94. The van der Waals surface area contributed by atoms with Crippen LogP contribution >= 0.6 is 0 Å². The van der Waals surface area contributed by atoms with Gasteiger partial charge in [0.2, 0.25) is 21.8 Å². The molecule has 0 radical (unpaired) electrons. The largest absolute Gasteiger partial charge is 0.492 e. The fourth-order valence-corrected chi connectivity index (χ4v) is 5.11. The first-order valence-electron chi connectivity index (χ1n) is 12.4. The number of aryl methyl sites for hydroxylation is 1. The minimum atomic E-state index is -3.61. The van der Waals surface area contributed by atoms with Gasteiger partial charge in [-0.05, 0) is 51.3 Å². The zero-order chi connectivity index (χ0) is 26.7.